The molecule has 1 aromatic carbocycles. The van der Waals surface area contributed by atoms with Gasteiger partial charge in [-0.05, 0) is 64.3 Å². The van der Waals surface area contributed by atoms with Gasteiger partial charge in [0.25, 0.3) is 0 Å². The molecule has 8 nitrogen and oxygen atoms in total. The number of carbonyl (C=O) groups is 2. The first kappa shape index (κ1) is 21.8. The second-order valence-corrected chi connectivity index (χ2v) is 8.56. The van der Waals surface area contributed by atoms with Crippen molar-refractivity contribution < 1.29 is 14.3 Å². The van der Waals surface area contributed by atoms with E-state index in [1.165, 1.54) is 6.42 Å². The highest BCUT2D eigenvalue weighted by Gasteiger charge is 2.17. The first-order valence-electron chi connectivity index (χ1n) is 10.6. The van der Waals surface area contributed by atoms with E-state index in [1.807, 2.05) is 45.0 Å². The minimum atomic E-state index is -0.529. The van der Waals surface area contributed by atoms with Gasteiger partial charge in [-0.1, -0.05) is 6.42 Å². The fraction of sp³-hybridized carbons (Fsp3) is 0.545. The number of ether oxygens (including phenoxy) is 1. The zero-order chi connectivity index (χ0) is 21.6. The molecule has 8 heteroatoms. The minimum Gasteiger partial charge on any atom is -0.444 e. The standard InChI is InChI=1S/C22H31N5O3/c1-22(2,3)30-21(29)23-14-7-9-19(28)24-17-12-10-16(11-13-17)20-26-25-18-8-5-4-6-15-27(18)20/h10-13H,4-9,14-15H2,1-3H3,(H,23,29)(H,24,28). The van der Waals surface area contributed by atoms with Crippen molar-refractivity contribution >= 4 is 17.7 Å². The molecule has 0 aliphatic carbocycles. The summed E-state index contributed by atoms with van der Waals surface area (Å²) in [6.45, 7) is 6.77. The summed E-state index contributed by atoms with van der Waals surface area (Å²) >= 11 is 0. The predicted molar refractivity (Wildman–Crippen MR) is 115 cm³/mol. The molecule has 0 atom stereocenters. The highest BCUT2D eigenvalue weighted by atomic mass is 16.6. The van der Waals surface area contributed by atoms with Gasteiger partial charge in [-0.3, -0.25) is 4.79 Å². The molecule has 2 N–H and O–H groups in total. The van der Waals surface area contributed by atoms with E-state index in [2.05, 4.69) is 25.4 Å². The molecule has 0 spiro atoms. The second kappa shape index (κ2) is 9.73. The summed E-state index contributed by atoms with van der Waals surface area (Å²) in [4.78, 5) is 23.7. The number of nitrogens with zero attached hydrogens (tertiary/aromatic N) is 3. The number of alkyl carbamates (subject to hydrolysis) is 1. The number of anilines is 1. The van der Waals surface area contributed by atoms with E-state index in [1.54, 1.807) is 0 Å². The molecule has 30 heavy (non-hydrogen) atoms. The van der Waals surface area contributed by atoms with Crippen molar-refractivity contribution in [1.82, 2.24) is 20.1 Å². The first-order valence-corrected chi connectivity index (χ1v) is 10.6. The predicted octanol–water partition coefficient (Wildman–Crippen LogP) is 3.91. The van der Waals surface area contributed by atoms with Crippen LogP contribution in [0.25, 0.3) is 11.4 Å². The third kappa shape index (κ3) is 6.30. The summed E-state index contributed by atoms with van der Waals surface area (Å²) in [7, 11) is 0. The fourth-order valence-corrected chi connectivity index (χ4v) is 3.38. The van der Waals surface area contributed by atoms with Crippen LogP contribution in [-0.2, 0) is 22.5 Å². The lowest BCUT2D eigenvalue weighted by Crippen LogP contribution is -2.33. The topological polar surface area (TPSA) is 98.1 Å². The van der Waals surface area contributed by atoms with Gasteiger partial charge in [0.15, 0.2) is 5.82 Å². The summed E-state index contributed by atoms with van der Waals surface area (Å²) in [6, 6.07) is 7.68. The molecule has 0 radical (unpaired) electrons. The number of aryl methyl sites for hydroxylation is 1. The Bertz CT molecular complexity index is 868. The van der Waals surface area contributed by atoms with Crippen LogP contribution in [0.4, 0.5) is 10.5 Å². The summed E-state index contributed by atoms with van der Waals surface area (Å²) in [5, 5.41) is 14.3. The van der Waals surface area contributed by atoms with Crippen molar-refractivity contribution in [2.45, 2.75) is 71.4 Å². The van der Waals surface area contributed by atoms with Gasteiger partial charge < -0.3 is 19.9 Å². The Balaban J connectivity index is 1.46. The van der Waals surface area contributed by atoms with Crippen LogP contribution in [0.1, 0.15) is 58.7 Å². The number of rotatable bonds is 6. The number of nitrogens with one attached hydrogen (secondary N) is 2. The highest BCUT2D eigenvalue weighted by molar-refractivity contribution is 5.90. The Morgan fingerprint density at radius 3 is 2.60 bits per heavy atom. The molecule has 1 aromatic heterocycles. The normalized spacial score (nSPS) is 13.8. The molecule has 0 unspecified atom stereocenters. The van der Waals surface area contributed by atoms with Crippen molar-refractivity contribution in [2.24, 2.45) is 0 Å². The maximum atomic E-state index is 12.1. The van der Waals surface area contributed by atoms with Gasteiger partial charge in [-0.15, -0.1) is 10.2 Å². The Hall–Kier alpha value is -2.90. The Morgan fingerprint density at radius 1 is 1.10 bits per heavy atom. The molecule has 2 amide bonds. The van der Waals surface area contributed by atoms with E-state index >= 15 is 0 Å². The van der Waals surface area contributed by atoms with Crippen molar-refractivity contribution in [3.05, 3.63) is 30.1 Å². The lowest BCUT2D eigenvalue weighted by Gasteiger charge is -2.19. The van der Waals surface area contributed by atoms with E-state index in [-0.39, 0.29) is 5.91 Å². The van der Waals surface area contributed by atoms with Crippen molar-refractivity contribution in [2.75, 3.05) is 11.9 Å². The third-order valence-corrected chi connectivity index (χ3v) is 4.79. The van der Waals surface area contributed by atoms with Crippen molar-refractivity contribution in [1.29, 1.82) is 0 Å². The Morgan fingerprint density at radius 2 is 1.87 bits per heavy atom. The maximum absolute atomic E-state index is 12.1. The summed E-state index contributed by atoms with van der Waals surface area (Å²) in [5.74, 6) is 1.85. The highest BCUT2D eigenvalue weighted by Crippen LogP contribution is 2.24. The van der Waals surface area contributed by atoms with E-state index in [0.29, 0.717) is 19.4 Å². The molecule has 2 aromatic rings. The van der Waals surface area contributed by atoms with Crippen LogP contribution in [0.2, 0.25) is 0 Å². The van der Waals surface area contributed by atoms with E-state index < -0.39 is 11.7 Å². The molecule has 162 valence electrons. The van der Waals surface area contributed by atoms with Gasteiger partial charge >= 0.3 is 6.09 Å². The van der Waals surface area contributed by atoms with Crippen LogP contribution in [0, 0.1) is 0 Å². The largest absolute Gasteiger partial charge is 0.444 e. The van der Waals surface area contributed by atoms with Crippen LogP contribution in [0.5, 0.6) is 0 Å². The van der Waals surface area contributed by atoms with Crippen LogP contribution >= 0.6 is 0 Å². The number of hydrogen-bond acceptors (Lipinski definition) is 5. The smallest absolute Gasteiger partial charge is 0.407 e. The lowest BCUT2D eigenvalue weighted by molar-refractivity contribution is -0.116. The van der Waals surface area contributed by atoms with Gasteiger partial charge in [-0.25, -0.2) is 4.79 Å². The van der Waals surface area contributed by atoms with Gasteiger partial charge in [0.1, 0.15) is 11.4 Å². The second-order valence-electron chi connectivity index (χ2n) is 8.56. The van der Waals surface area contributed by atoms with Crippen LogP contribution in [0.15, 0.2) is 24.3 Å². The van der Waals surface area contributed by atoms with Crippen molar-refractivity contribution in [3.63, 3.8) is 0 Å². The van der Waals surface area contributed by atoms with Crippen LogP contribution in [0.3, 0.4) is 0 Å². The number of hydrogen-bond donors (Lipinski definition) is 2. The van der Waals surface area contributed by atoms with Gasteiger partial charge in [0, 0.05) is 37.2 Å². The SMILES string of the molecule is CC(C)(C)OC(=O)NCCCC(=O)Nc1ccc(-c2nnc3n2CCCCC3)cc1. The van der Waals surface area contributed by atoms with Gasteiger partial charge in [0.05, 0.1) is 0 Å². The molecule has 0 saturated carbocycles. The molecule has 0 fully saturated rings. The molecular weight excluding hydrogens is 382 g/mol. The van der Waals surface area contributed by atoms with E-state index in [0.717, 1.165) is 48.7 Å². The first-order chi connectivity index (χ1) is 14.3. The van der Waals surface area contributed by atoms with Crippen molar-refractivity contribution in [3.8, 4) is 11.4 Å². The molecule has 0 bridgehead atoms. The molecular formula is C22H31N5O3. The molecule has 2 heterocycles. The van der Waals surface area contributed by atoms with Crippen LogP contribution < -0.4 is 10.6 Å². The number of aromatic nitrogens is 3. The average molecular weight is 414 g/mol. The number of amides is 2. The number of fused-ring (bicyclic) bond motifs is 1. The lowest BCUT2D eigenvalue weighted by atomic mass is 10.2. The third-order valence-electron chi connectivity index (χ3n) is 4.79. The summed E-state index contributed by atoms with van der Waals surface area (Å²) in [5.41, 5.74) is 1.20. The monoisotopic (exact) mass is 413 g/mol. The molecule has 0 saturated heterocycles. The Kier molecular flexibility index (Phi) is 7.07. The maximum Gasteiger partial charge on any atom is 0.407 e. The molecule has 1 aliphatic heterocycles. The minimum absolute atomic E-state index is 0.0925. The summed E-state index contributed by atoms with van der Waals surface area (Å²) < 4.78 is 7.37. The van der Waals surface area contributed by atoms with E-state index in [9.17, 15) is 9.59 Å². The quantitative estimate of drug-likeness (QED) is 0.700. The van der Waals surface area contributed by atoms with Crippen LogP contribution in [-0.4, -0.2) is 38.9 Å². The zero-order valence-electron chi connectivity index (χ0n) is 18.0. The van der Waals surface area contributed by atoms with Gasteiger partial charge in [-0.2, -0.15) is 0 Å². The van der Waals surface area contributed by atoms with E-state index in [4.69, 9.17) is 4.74 Å². The number of benzene rings is 1. The Labute approximate surface area is 177 Å². The van der Waals surface area contributed by atoms with Gasteiger partial charge in [0.2, 0.25) is 5.91 Å². The fourth-order valence-electron chi connectivity index (χ4n) is 3.38. The zero-order valence-corrected chi connectivity index (χ0v) is 18.0. The summed E-state index contributed by atoms with van der Waals surface area (Å²) in [6.07, 6.45) is 4.89. The average Bonchev–Trinajstić information content (AvgIpc) is 2.93. The number of carbonyl (C=O) groups excluding carboxylic acids is 2. The molecule has 3 rings (SSSR count). The molecule has 1 aliphatic rings.